The van der Waals surface area contributed by atoms with Gasteiger partial charge in [0.05, 0.1) is 12.1 Å². The summed E-state index contributed by atoms with van der Waals surface area (Å²) in [6.07, 6.45) is 4.98. The SMILES string of the molecule is O=C(Cc1ccc2ccccc2c1)Nc1nc2c(s1)CCCC2. The van der Waals surface area contributed by atoms with E-state index in [1.165, 1.54) is 34.2 Å². The summed E-state index contributed by atoms with van der Waals surface area (Å²) in [7, 11) is 0. The zero-order valence-electron chi connectivity index (χ0n) is 12.8. The van der Waals surface area contributed by atoms with Gasteiger partial charge in [0.2, 0.25) is 5.91 Å². The van der Waals surface area contributed by atoms with Crippen LogP contribution in [0.2, 0.25) is 0 Å². The highest BCUT2D eigenvalue weighted by atomic mass is 32.1. The number of hydrogen-bond acceptors (Lipinski definition) is 3. The van der Waals surface area contributed by atoms with Gasteiger partial charge in [-0.05, 0) is 42.0 Å². The van der Waals surface area contributed by atoms with E-state index in [1.807, 2.05) is 18.2 Å². The number of amides is 1. The molecular weight excluding hydrogens is 304 g/mol. The van der Waals surface area contributed by atoms with Crippen molar-refractivity contribution in [3.05, 3.63) is 58.6 Å². The monoisotopic (exact) mass is 322 g/mol. The van der Waals surface area contributed by atoms with Gasteiger partial charge in [0.1, 0.15) is 0 Å². The zero-order valence-corrected chi connectivity index (χ0v) is 13.7. The third-order valence-corrected chi connectivity index (χ3v) is 5.34. The summed E-state index contributed by atoms with van der Waals surface area (Å²) < 4.78 is 0. The molecule has 1 heterocycles. The first-order chi connectivity index (χ1) is 11.3. The number of aryl methyl sites for hydroxylation is 2. The fourth-order valence-electron chi connectivity index (χ4n) is 3.10. The molecule has 1 N–H and O–H groups in total. The standard InChI is InChI=1S/C19H18N2OS/c22-18(21-19-20-16-7-3-4-8-17(16)23-19)12-13-9-10-14-5-1-2-6-15(14)11-13/h1-2,5-6,9-11H,3-4,7-8,12H2,(H,20,21,22). The number of carbonyl (C=O) groups excluding carboxylic acids is 1. The van der Waals surface area contributed by atoms with Crippen LogP contribution < -0.4 is 5.32 Å². The van der Waals surface area contributed by atoms with Crippen molar-refractivity contribution in [3.8, 4) is 0 Å². The molecule has 3 aromatic rings. The van der Waals surface area contributed by atoms with Crippen molar-refractivity contribution >= 4 is 33.1 Å². The first kappa shape index (κ1) is 14.4. The molecule has 0 saturated carbocycles. The number of aromatic nitrogens is 1. The van der Waals surface area contributed by atoms with Crippen LogP contribution >= 0.6 is 11.3 Å². The van der Waals surface area contributed by atoms with Crippen LogP contribution in [0.1, 0.15) is 29.0 Å². The highest BCUT2D eigenvalue weighted by Crippen LogP contribution is 2.29. The van der Waals surface area contributed by atoms with Gasteiger partial charge in [-0.15, -0.1) is 11.3 Å². The molecule has 1 aliphatic carbocycles. The molecular formula is C19H18N2OS. The summed E-state index contributed by atoms with van der Waals surface area (Å²) in [5.41, 5.74) is 2.21. The van der Waals surface area contributed by atoms with Gasteiger partial charge in [-0.2, -0.15) is 0 Å². The van der Waals surface area contributed by atoms with Crippen LogP contribution in [0.3, 0.4) is 0 Å². The molecule has 1 aromatic heterocycles. The molecule has 1 amide bonds. The molecule has 4 heteroatoms. The van der Waals surface area contributed by atoms with E-state index >= 15 is 0 Å². The maximum atomic E-state index is 12.3. The maximum absolute atomic E-state index is 12.3. The molecule has 4 rings (SSSR count). The van der Waals surface area contributed by atoms with Crippen LogP contribution in [0, 0.1) is 0 Å². The van der Waals surface area contributed by atoms with Crippen molar-refractivity contribution in [2.45, 2.75) is 32.1 Å². The van der Waals surface area contributed by atoms with E-state index in [9.17, 15) is 4.79 Å². The highest BCUT2D eigenvalue weighted by molar-refractivity contribution is 7.15. The number of nitrogens with one attached hydrogen (secondary N) is 1. The van der Waals surface area contributed by atoms with E-state index in [-0.39, 0.29) is 5.91 Å². The smallest absolute Gasteiger partial charge is 0.230 e. The molecule has 0 fully saturated rings. The van der Waals surface area contributed by atoms with Crippen LogP contribution in [0.15, 0.2) is 42.5 Å². The summed E-state index contributed by atoms with van der Waals surface area (Å²) in [5, 5.41) is 6.08. The van der Waals surface area contributed by atoms with Crippen LogP contribution in [-0.2, 0) is 24.1 Å². The molecule has 0 saturated heterocycles. The van der Waals surface area contributed by atoms with Crippen LogP contribution in [0.5, 0.6) is 0 Å². The normalized spacial score (nSPS) is 13.7. The minimum Gasteiger partial charge on any atom is -0.302 e. The maximum Gasteiger partial charge on any atom is 0.230 e. The molecule has 23 heavy (non-hydrogen) atoms. The van der Waals surface area contributed by atoms with Crippen LogP contribution in [-0.4, -0.2) is 10.9 Å². The molecule has 3 nitrogen and oxygen atoms in total. The minimum absolute atomic E-state index is 0.00591. The molecule has 0 atom stereocenters. The average Bonchev–Trinajstić information content (AvgIpc) is 2.96. The predicted molar refractivity (Wildman–Crippen MR) is 95.0 cm³/mol. The number of benzene rings is 2. The highest BCUT2D eigenvalue weighted by Gasteiger charge is 2.16. The van der Waals surface area contributed by atoms with Gasteiger partial charge in [-0.3, -0.25) is 4.79 Å². The van der Waals surface area contributed by atoms with Crippen molar-refractivity contribution in [2.75, 3.05) is 5.32 Å². The lowest BCUT2D eigenvalue weighted by molar-refractivity contribution is -0.115. The Bertz CT molecular complexity index is 845. The van der Waals surface area contributed by atoms with E-state index in [0.717, 1.165) is 23.5 Å². The number of hydrogen-bond donors (Lipinski definition) is 1. The average molecular weight is 322 g/mol. The van der Waals surface area contributed by atoms with Crippen molar-refractivity contribution in [3.63, 3.8) is 0 Å². The molecule has 116 valence electrons. The Morgan fingerprint density at radius 3 is 2.78 bits per heavy atom. The second-order valence-corrected chi connectivity index (χ2v) is 7.09. The Morgan fingerprint density at radius 2 is 1.91 bits per heavy atom. The van der Waals surface area contributed by atoms with Gasteiger partial charge in [-0.1, -0.05) is 42.5 Å². The van der Waals surface area contributed by atoms with E-state index in [0.29, 0.717) is 6.42 Å². The Hall–Kier alpha value is -2.20. The Labute approximate surface area is 139 Å². The Kier molecular flexibility index (Phi) is 3.83. The molecule has 0 aliphatic heterocycles. The molecule has 0 bridgehead atoms. The van der Waals surface area contributed by atoms with E-state index in [2.05, 4.69) is 34.6 Å². The number of fused-ring (bicyclic) bond motifs is 2. The lowest BCUT2D eigenvalue weighted by Crippen LogP contribution is -2.14. The Morgan fingerprint density at radius 1 is 1.09 bits per heavy atom. The Balaban J connectivity index is 1.47. The first-order valence-electron chi connectivity index (χ1n) is 8.04. The third kappa shape index (κ3) is 3.13. The zero-order chi connectivity index (χ0) is 15.6. The summed E-state index contributed by atoms with van der Waals surface area (Å²) in [5.74, 6) is 0.00591. The van der Waals surface area contributed by atoms with Crippen molar-refractivity contribution in [1.82, 2.24) is 4.98 Å². The number of thiazole rings is 1. The largest absolute Gasteiger partial charge is 0.302 e. The summed E-state index contributed by atoms with van der Waals surface area (Å²) in [6.45, 7) is 0. The van der Waals surface area contributed by atoms with Gasteiger partial charge in [0.25, 0.3) is 0 Å². The lowest BCUT2D eigenvalue weighted by atomic mass is 10.0. The van der Waals surface area contributed by atoms with E-state index < -0.39 is 0 Å². The van der Waals surface area contributed by atoms with Gasteiger partial charge in [0.15, 0.2) is 5.13 Å². The first-order valence-corrected chi connectivity index (χ1v) is 8.86. The topological polar surface area (TPSA) is 42.0 Å². The van der Waals surface area contributed by atoms with Gasteiger partial charge < -0.3 is 5.32 Å². The number of rotatable bonds is 3. The molecule has 2 aromatic carbocycles. The number of carbonyl (C=O) groups is 1. The van der Waals surface area contributed by atoms with Gasteiger partial charge in [0, 0.05) is 4.88 Å². The fraction of sp³-hybridized carbons (Fsp3) is 0.263. The van der Waals surface area contributed by atoms with Crippen LogP contribution in [0.25, 0.3) is 10.8 Å². The predicted octanol–water partition coefficient (Wildman–Crippen LogP) is 4.36. The fourth-order valence-corrected chi connectivity index (χ4v) is 4.17. The summed E-state index contributed by atoms with van der Waals surface area (Å²) >= 11 is 1.63. The molecule has 1 aliphatic rings. The quantitative estimate of drug-likeness (QED) is 0.778. The van der Waals surface area contributed by atoms with E-state index in [4.69, 9.17) is 0 Å². The van der Waals surface area contributed by atoms with Crippen LogP contribution in [0.4, 0.5) is 5.13 Å². The molecule has 0 unspecified atom stereocenters. The second kappa shape index (κ2) is 6.13. The van der Waals surface area contributed by atoms with Crippen molar-refractivity contribution < 1.29 is 4.79 Å². The van der Waals surface area contributed by atoms with Crippen molar-refractivity contribution in [2.24, 2.45) is 0 Å². The third-order valence-electron chi connectivity index (χ3n) is 4.27. The molecule has 0 spiro atoms. The van der Waals surface area contributed by atoms with Gasteiger partial charge >= 0.3 is 0 Å². The summed E-state index contributed by atoms with van der Waals surface area (Å²) in [6, 6.07) is 14.4. The molecule has 0 radical (unpaired) electrons. The van der Waals surface area contributed by atoms with Crippen molar-refractivity contribution in [1.29, 1.82) is 0 Å². The van der Waals surface area contributed by atoms with E-state index in [1.54, 1.807) is 11.3 Å². The number of nitrogens with zero attached hydrogens (tertiary/aromatic N) is 1. The number of anilines is 1. The summed E-state index contributed by atoms with van der Waals surface area (Å²) in [4.78, 5) is 18.2. The van der Waals surface area contributed by atoms with Gasteiger partial charge in [-0.25, -0.2) is 4.98 Å². The lowest BCUT2D eigenvalue weighted by Gasteiger charge is -2.06. The second-order valence-electron chi connectivity index (χ2n) is 6.00. The minimum atomic E-state index is 0.00591.